The highest BCUT2D eigenvalue weighted by Crippen LogP contribution is 2.22. The van der Waals surface area contributed by atoms with Crippen LogP contribution in [0.1, 0.15) is 29.3 Å². The molecule has 1 aliphatic rings. The maximum Gasteiger partial charge on any atom is 0.139 e. The topological polar surface area (TPSA) is 74.7 Å². The number of hydrogen-bond donors (Lipinski definition) is 2. The molecule has 0 bridgehead atoms. The van der Waals surface area contributed by atoms with E-state index in [4.69, 9.17) is 0 Å². The van der Waals surface area contributed by atoms with E-state index >= 15 is 0 Å². The first-order valence-electron chi connectivity index (χ1n) is 7.47. The summed E-state index contributed by atoms with van der Waals surface area (Å²) in [7, 11) is 0. The maximum atomic E-state index is 9.83. The van der Waals surface area contributed by atoms with Crippen LogP contribution >= 0.6 is 0 Å². The fourth-order valence-corrected chi connectivity index (χ4v) is 2.79. The van der Waals surface area contributed by atoms with Gasteiger partial charge in [0.2, 0.25) is 0 Å². The number of aromatic nitrogens is 4. The number of hydrogen-bond acceptors (Lipinski definition) is 4. The second kappa shape index (κ2) is 5.26. The minimum absolute atomic E-state index is 0.286. The Kier molecular flexibility index (Phi) is 3.11. The van der Waals surface area contributed by atoms with Gasteiger partial charge in [-0.05, 0) is 37.5 Å². The Morgan fingerprint density at radius 2 is 1.95 bits per heavy atom. The van der Waals surface area contributed by atoms with Crippen molar-refractivity contribution in [2.75, 3.05) is 0 Å². The summed E-state index contributed by atoms with van der Waals surface area (Å²) in [5.74, 6) is 1.18. The lowest BCUT2D eigenvalue weighted by molar-refractivity contribution is 0.501. The zero-order valence-corrected chi connectivity index (χ0v) is 12.1. The van der Waals surface area contributed by atoms with Crippen molar-refractivity contribution in [1.29, 1.82) is 0 Å². The molecule has 0 unspecified atom stereocenters. The van der Waals surface area contributed by atoms with Crippen molar-refractivity contribution in [3.8, 4) is 0 Å². The third kappa shape index (κ3) is 2.35. The van der Waals surface area contributed by atoms with Gasteiger partial charge in [-0.2, -0.15) is 0 Å². The Morgan fingerprint density at radius 3 is 2.82 bits per heavy atom. The van der Waals surface area contributed by atoms with E-state index < -0.39 is 0 Å². The quantitative estimate of drug-likeness (QED) is 0.778. The summed E-state index contributed by atoms with van der Waals surface area (Å²) in [6, 6.07) is 7.86. The molecular formula is C17H16N4O. The zero-order chi connectivity index (χ0) is 14.9. The van der Waals surface area contributed by atoms with Crippen LogP contribution in [0.4, 0.5) is 0 Å². The summed E-state index contributed by atoms with van der Waals surface area (Å²) in [5.41, 5.74) is 4.51. The number of aliphatic hydroxyl groups is 1. The molecule has 110 valence electrons. The second-order valence-electron chi connectivity index (χ2n) is 5.49. The number of aromatic amines is 1. The lowest BCUT2D eigenvalue weighted by atomic mass is 10.1. The van der Waals surface area contributed by atoms with Gasteiger partial charge in [-0.3, -0.25) is 4.98 Å². The predicted molar refractivity (Wildman–Crippen MR) is 84.5 cm³/mol. The van der Waals surface area contributed by atoms with E-state index in [9.17, 15) is 5.11 Å². The monoisotopic (exact) mass is 292 g/mol. The number of nitrogens with zero attached hydrogens (tertiary/aromatic N) is 3. The third-order valence-corrected chi connectivity index (χ3v) is 3.92. The SMILES string of the molecule is OC1=CCCc2[nH]c(CCc3cnc4ccccc4n3)nc21. The standard InChI is InChI=1S/C17H16N4O/c22-15-7-3-6-14-17(15)21-16(20-14)9-8-11-10-18-12-4-1-2-5-13(12)19-11/h1-2,4-5,7,10,22H,3,6,8-9H2,(H,20,21). The normalized spacial score (nSPS) is 13.9. The van der Waals surface area contributed by atoms with Crippen LogP contribution in [0.5, 0.6) is 0 Å². The molecule has 0 spiro atoms. The highest BCUT2D eigenvalue weighted by molar-refractivity contribution is 5.73. The third-order valence-electron chi connectivity index (χ3n) is 3.92. The van der Waals surface area contributed by atoms with Crippen LogP contribution in [0, 0.1) is 0 Å². The van der Waals surface area contributed by atoms with Crippen molar-refractivity contribution in [2.45, 2.75) is 25.7 Å². The Labute approximate surface area is 127 Å². The number of benzene rings is 1. The summed E-state index contributed by atoms with van der Waals surface area (Å²) in [4.78, 5) is 16.8. The molecule has 3 aromatic rings. The molecule has 1 aromatic carbocycles. The molecule has 22 heavy (non-hydrogen) atoms. The van der Waals surface area contributed by atoms with Gasteiger partial charge in [0, 0.05) is 18.3 Å². The van der Waals surface area contributed by atoms with E-state index in [0.717, 1.165) is 53.9 Å². The Morgan fingerprint density at radius 1 is 1.09 bits per heavy atom. The van der Waals surface area contributed by atoms with E-state index in [1.54, 1.807) is 0 Å². The van der Waals surface area contributed by atoms with Crippen LogP contribution in [-0.4, -0.2) is 25.0 Å². The molecule has 2 heterocycles. The highest BCUT2D eigenvalue weighted by atomic mass is 16.3. The van der Waals surface area contributed by atoms with Crippen molar-refractivity contribution in [3.05, 3.63) is 59.4 Å². The van der Waals surface area contributed by atoms with E-state index in [2.05, 4.69) is 19.9 Å². The number of rotatable bonds is 3. The molecular weight excluding hydrogens is 276 g/mol. The van der Waals surface area contributed by atoms with E-state index in [1.807, 2.05) is 36.5 Å². The van der Waals surface area contributed by atoms with Gasteiger partial charge >= 0.3 is 0 Å². The molecule has 0 saturated carbocycles. The van der Waals surface area contributed by atoms with Gasteiger partial charge in [0.15, 0.2) is 0 Å². The van der Waals surface area contributed by atoms with Crippen molar-refractivity contribution in [2.24, 2.45) is 0 Å². The van der Waals surface area contributed by atoms with Crippen LogP contribution in [0.25, 0.3) is 16.8 Å². The van der Waals surface area contributed by atoms with Crippen LogP contribution in [0.3, 0.4) is 0 Å². The van der Waals surface area contributed by atoms with E-state index in [-0.39, 0.29) is 5.76 Å². The molecule has 0 saturated heterocycles. The molecule has 0 aliphatic heterocycles. The average molecular weight is 292 g/mol. The van der Waals surface area contributed by atoms with Crippen LogP contribution < -0.4 is 0 Å². The van der Waals surface area contributed by atoms with Crippen molar-refractivity contribution in [1.82, 2.24) is 19.9 Å². The number of fused-ring (bicyclic) bond motifs is 2. The molecule has 0 fully saturated rings. The molecule has 2 N–H and O–H groups in total. The van der Waals surface area contributed by atoms with Gasteiger partial charge in [-0.25, -0.2) is 9.97 Å². The van der Waals surface area contributed by atoms with Gasteiger partial charge in [0.25, 0.3) is 0 Å². The predicted octanol–water partition coefficient (Wildman–Crippen LogP) is 2.98. The molecule has 0 atom stereocenters. The van der Waals surface area contributed by atoms with Gasteiger partial charge in [-0.1, -0.05) is 12.1 Å². The van der Waals surface area contributed by atoms with E-state index in [1.165, 1.54) is 0 Å². The number of aliphatic hydroxyl groups excluding tert-OH is 1. The summed E-state index contributed by atoms with van der Waals surface area (Å²) < 4.78 is 0. The van der Waals surface area contributed by atoms with Crippen LogP contribution in [0.15, 0.2) is 36.5 Å². The average Bonchev–Trinajstić information content (AvgIpc) is 2.97. The Balaban J connectivity index is 1.53. The van der Waals surface area contributed by atoms with Gasteiger partial charge in [0.05, 0.1) is 16.7 Å². The highest BCUT2D eigenvalue weighted by Gasteiger charge is 2.16. The maximum absolute atomic E-state index is 9.83. The summed E-state index contributed by atoms with van der Waals surface area (Å²) >= 11 is 0. The van der Waals surface area contributed by atoms with E-state index in [0.29, 0.717) is 5.69 Å². The van der Waals surface area contributed by atoms with Crippen molar-refractivity contribution < 1.29 is 5.11 Å². The first-order chi connectivity index (χ1) is 10.8. The fourth-order valence-electron chi connectivity index (χ4n) is 2.79. The molecule has 0 amide bonds. The molecule has 4 rings (SSSR count). The summed E-state index contributed by atoms with van der Waals surface area (Å²) in [6.45, 7) is 0. The van der Waals surface area contributed by atoms with Crippen LogP contribution in [0.2, 0.25) is 0 Å². The Bertz CT molecular complexity index is 866. The summed E-state index contributed by atoms with van der Waals surface area (Å²) in [5, 5.41) is 9.83. The number of allylic oxidation sites excluding steroid dienone is 1. The lowest BCUT2D eigenvalue weighted by Crippen LogP contribution is -1.98. The van der Waals surface area contributed by atoms with Crippen molar-refractivity contribution >= 4 is 16.8 Å². The molecule has 5 heteroatoms. The molecule has 0 radical (unpaired) electrons. The van der Waals surface area contributed by atoms with Gasteiger partial charge in [0.1, 0.15) is 17.3 Å². The minimum Gasteiger partial charge on any atom is -0.506 e. The number of para-hydroxylation sites is 2. The first-order valence-corrected chi connectivity index (χ1v) is 7.47. The zero-order valence-electron chi connectivity index (χ0n) is 12.1. The van der Waals surface area contributed by atoms with Gasteiger partial charge in [-0.15, -0.1) is 0 Å². The fraction of sp³-hybridized carbons (Fsp3) is 0.235. The smallest absolute Gasteiger partial charge is 0.139 e. The molecule has 5 nitrogen and oxygen atoms in total. The van der Waals surface area contributed by atoms with Gasteiger partial charge < -0.3 is 10.1 Å². The first kappa shape index (κ1) is 13.0. The summed E-state index contributed by atoms with van der Waals surface area (Å²) in [6.07, 6.45) is 6.94. The second-order valence-corrected chi connectivity index (χ2v) is 5.49. The number of nitrogens with one attached hydrogen (secondary N) is 1. The molecule has 2 aromatic heterocycles. The number of H-pyrrole nitrogens is 1. The molecule has 1 aliphatic carbocycles. The number of imidazole rings is 1. The van der Waals surface area contributed by atoms with Crippen LogP contribution in [-0.2, 0) is 19.3 Å². The minimum atomic E-state index is 0.286. The largest absolute Gasteiger partial charge is 0.506 e. The number of aryl methyl sites for hydroxylation is 3. The Hall–Kier alpha value is -2.69. The lowest BCUT2D eigenvalue weighted by Gasteiger charge is -2.05. The van der Waals surface area contributed by atoms with Crippen molar-refractivity contribution in [3.63, 3.8) is 0 Å².